The van der Waals surface area contributed by atoms with Crippen LogP contribution in [-0.4, -0.2) is 30.8 Å². The van der Waals surface area contributed by atoms with Crippen LogP contribution in [0.2, 0.25) is 0 Å². The summed E-state index contributed by atoms with van der Waals surface area (Å²) in [5.41, 5.74) is 1.80. The average molecular weight is 460 g/mol. The minimum absolute atomic E-state index is 0.00929. The summed E-state index contributed by atoms with van der Waals surface area (Å²) in [6.07, 6.45) is -3.24. The monoisotopic (exact) mass is 460 g/mol. The van der Waals surface area contributed by atoms with E-state index < -0.39 is 18.8 Å². The molecule has 0 saturated carbocycles. The Bertz CT molecular complexity index is 1060. The Morgan fingerprint density at radius 3 is 2.42 bits per heavy atom. The number of benzene rings is 2. The Hall–Kier alpha value is -3.75. The van der Waals surface area contributed by atoms with Gasteiger partial charge in [0, 0.05) is 5.56 Å². The molecule has 0 aliphatic carbocycles. The first kappa shape index (κ1) is 23.9. The summed E-state index contributed by atoms with van der Waals surface area (Å²) in [4.78, 5) is 16.8. The molecule has 1 aromatic heterocycles. The van der Waals surface area contributed by atoms with Crippen LogP contribution in [0.1, 0.15) is 34.6 Å². The van der Waals surface area contributed by atoms with E-state index >= 15 is 0 Å². The molecule has 0 bridgehead atoms. The third-order valence-electron chi connectivity index (χ3n) is 4.62. The van der Waals surface area contributed by atoms with Gasteiger partial charge in [-0.2, -0.15) is 13.2 Å². The molecule has 1 atom stereocenters. The standard InChI is InChI=1S/C24H23F3N2O4/c1-16(20-10-9-19(13-28-20)33-15-24(25,26)27)29-23(30)18-8-11-21(31-2)22(12-18)32-14-17-6-4-3-5-7-17/h3-13,16H,14-15H2,1-2H3,(H,29,30)/t16-/m1/s1. The molecule has 3 rings (SSSR count). The van der Waals surface area contributed by atoms with Crippen LogP contribution in [0.4, 0.5) is 13.2 Å². The van der Waals surface area contributed by atoms with Gasteiger partial charge in [-0.25, -0.2) is 0 Å². The van der Waals surface area contributed by atoms with E-state index in [1.54, 1.807) is 25.1 Å². The largest absolute Gasteiger partial charge is 0.493 e. The summed E-state index contributed by atoms with van der Waals surface area (Å²) in [5.74, 6) is 0.538. The summed E-state index contributed by atoms with van der Waals surface area (Å²) in [5, 5.41) is 2.81. The molecule has 0 fully saturated rings. The minimum Gasteiger partial charge on any atom is -0.493 e. The first-order valence-electron chi connectivity index (χ1n) is 10.1. The predicted octanol–water partition coefficient (Wildman–Crippen LogP) is 5.10. The number of alkyl halides is 3. The van der Waals surface area contributed by atoms with E-state index in [4.69, 9.17) is 9.47 Å². The summed E-state index contributed by atoms with van der Waals surface area (Å²) in [6, 6.07) is 16.8. The zero-order valence-corrected chi connectivity index (χ0v) is 18.1. The molecule has 2 aromatic carbocycles. The lowest BCUT2D eigenvalue weighted by Gasteiger charge is -2.16. The summed E-state index contributed by atoms with van der Waals surface area (Å²) >= 11 is 0. The quantitative estimate of drug-likeness (QED) is 0.481. The maximum atomic E-state index is 12.7. The highest BCUT2D eigenvalue weighted by molar-refractivity contribution is 5.95. The van der Waals surface area contributed by atoms with E-state index in [0.717, 1.165) is 5.56 Å². The Morgan fingerprint density at radius 1 is 1.03 bits per heavy atom. The summed E-state index contributed by atoms with van der Waals surface area (Å²) in [6.45, 7) is 0.630. The van der Waals surface area contributed by atoms with E-state index in [0.29, 0.717) is 29.4 Å². The SMILES string of the molecule is COc1ccc(C(=O)N[C@H](C)c2ccc(OCC(F)(F)F)cn2)cc1OCc1ccccc1. The van der Waals surface area contributed by atoms with Crippen LogP contribution in [0.25, 0.3) is 0 Å². The van der Waals surface area contributed by atoms with Crippen LogP contribution in [0, 0.1) is 0 Å². The lowest BCUT2D eigenvalue weighted by molar-refractivity contribution is -0.153. The second kappa shape index (κ2) is 10.7. The molecule has 174 valence electrons. The second-order valence-corrected chi connectivity index (χ2v) is 7.16. The molecule has 9 heteroatoms. The number of aromatic nitrogens is 1. The third kappa shape index (κ3) is 7.13. The van der Waals surface area contributed by atoms with Gasteiger partial charge in [0.2, 0.25) is 0 Å². The molecule has 0 spiro atoms. The van der Waals surface area contributed by atoms with Crippen LogP contribution in [0.15, 0.2) is 66.9 Å². The van der Waals surface area contributed by atoms with E-state index in [1.807, 2.05) is 30.3 Å². The lowest BCUT2D eigenvalue weighted by Crippen LogP contribution is -2.27. The number of carbonyl (C=O) groups excluding carboxylic acids is 1. The van der Waals surface area contributed by atoms with Gasteiger partial charge in [0.15, 0.2) is 18.1 Å². The van der Waals surface area contributed by atoms with Gasteiger partial charge in [-0.1, -0.05) is 30.3 Å². The molecular formula is C24H23F3N2O4. The van der Waals surface area contributed by atoms with Crippen molar-refractivity contribution in [3.05, 3.63) is 83.7 Å². The number of carbonyl (C=O) groups is 1. The van der Waals surface area contributed by atoms with Gasteiger partial charge >= 0.3 is 6.18 Å². The molecule has 0 saturated heterocycles. The van der Waals surface area contributed by atoms with Gasteiger partial charge in [0.1, 0.15) is 12.4 Å². The van der Waals surface area contributed by atoms with Gasteiger partial charge in [-0.15, -0.1) is 0 Å². The Morgan fingerprint density at radius 2 is 1.79 bits per heavy atom. The number of nitrogens with zero attached hydrogens (tertiary/aromatic N) is 1. The minimum atomic E-state index is -4.43. The number of pyridine rings is 1. The van der Waals surface area contributed by atoms with Crippen molar-refractivity contribution < 1.29 is 32.2 Å². The number of amides is 1. The van der Waals surface area contributed by atoms with E-state index in [2.05, 4.69) is 15.0 Å². The molecule has 0 radical (unpaired) electrons. The Kier molecular flexibility index (Phi) is 7.76. The van der Waals surface area contributed by atoms with Crippen molar-refractivity contribution in [2.45, 2.75) is 25.7 Å². The normalized spacial score (nSPS) is 12.0. The van der Waals surface area contributed by atoms with Crippen LogP contribution < -0.4 is 19.5 Å². The van der Waals surface area contributed by atoms with Crippen molar-refractivity contribution in [1.29, 1.82) is 0 Å². The Labute approximate surface area is 189 Å². The molecule has 6 nitrogen and oxygen atoms in total. The van der Waals surface area contributed by atoms with Crippen LogP contribution >= 0.6 is 0 Å². The predicted molar refractivity (Wildman–Crippen MR) is 115 cm³/mol. The second-order valence-electron chi connectivity index (χ2n) is 7.16. The first-order valence-corrected chi connectivity index (χ1v) is 10.1. The van der Waals surface area contributed by atoms with Crippen molar-refractivity contribution in [1.82, 2.24) is 10.3 Å². The van der Waals surface area contributed by atoms with Crippen molar-refractivity contribution in [3.63, 3.8) is 0 Å². The van der Waals surface area contributed by atoms with E-state index in [-0.39, 0.29) is 11.7 Å². The molecule has 1 amide bonds. The maximum Gasteiger partial charge on any atom is 0.422 e. The van der Waals surface area contributed by atoms with Gasteiger partial charge in [-0.05, 0) is 42.8 Å². The van der Waals surface area contributed by atoms with Crippen LogP contribution in [0.5, 0.6) is 17.2 Å². The van der Waals surface area contributed by atoms with Gasteiger partial charge in [-0.3, -0.25) is 9.78 Å². The topological polar surface area (TPSA) is 69.7 Å². The number of rotatable bonds is 9. The highest BCUT2D eigenvalue weighted by atomic mass is 19.4. The summed E-state index contributed by atoms with van der Waals surface area (Å²) < 4.78 is 52.6. The molecule has 0 unspecified atom stereocenters. The average Bonchev–Trinajstić information content (AvgIpc) is 2.81. The fraction of sp³-hybridized carbons (Fsp3) is 0.250. The maximum absolute atomic E-state index is 12.7. The van der Waals surface area contributed by atoms with Gasteiger partial charge < -0.3 is 19.5 Å². The van der Waals surface area contributed by atoms with Gasteiger partial charge in [0.05, 0.1) is 25.0 Å². The number of methoxy groups -OCH3 is 1. The number of ether oxygens (including phenoxy) is 3. The zero-order valence-electron chi connectivity index (χ0n) is 18.1. The van der Waals surface area contributed by atoms with E-state index in [1.165, 1.54) is 25.4 Å². The van der Waals surface area contributed by atoms with Crippen molar-refractivity contribution in [2.75, 3.05) is 13.7 Å². The molecule has 1 N–H and O–H groups in total. The number of halogens is 3. The first-order chi connectivity index (χ1) is 15.7. The van der Waals surface area contributed by atoms with E-state index in [9.17, 15) is 18.0 Å². The fourth-order valence-corrected chi connectivity index (χ4v) is 2.92. The van der Waals surface area contributed by atoms with Gasteiger partial charge in [0.25, 0.3) is 5.91 Å². The molecule has 0 aliphatic rings. The van der Waals surface area contributed by atoms with Crippen LogP contribution in [-0.2, 0) is 6.61 Å². The highest BCUT2D eigenvalue weighted by Gasteiger charge is 2.28. The molecular weight excluding hydrogens is 437 g/mol. The molecule has 3 aromatic rings. The number of hydrogen-bond acceptors (Lipinski definition) is 5. The smallest absolute Gasteiger partial charge is 0.422 e. The van der Waals surface area contributed by atoms with Crippen molar-refractivity contribution >= 4 is 5.91 Å². The highest BCUT2D eigenvalue weighted by Crippen LogP contribution is 2.29. The van der Waals surface area contributed by atoms with Crippen LogP contribution in [0.3, 0.4) is 0 Å². The number of nitrogens with one attached hydrogen (secondary N) is 1. The van der Waals surface area contributed by atoms with Crippen molar-refractivity contribution in [2.24, 2.45) is 0 Å². The third-order valence-corrected chi connectivity index (χ3v) is 4.62. The number of hydrogen-bond donors (Lipinski definition) is 1. The molecule has 33 heavy (non-hydrogen) atoms. The molecule has 0 aliphatic heterocycles. The Balaban J connectivity index is 1.64. The molecule has 1 heterocycles. The lowest BCUT2D eigenvalue weighted by atomic mass is 10.1. The van der Waals surface area contributed by atoms with Crippen molar-refractivity contribution in [3.8, 4) is 17.2 Å². The fourth-order valence-electron chi connectivity index (χ4n) is 2.92. The summed E-state index contributed by atoms with van der Waals surface area (Å²) in [7, 11) is 1.51. The zero-order chi connectivity index (χ0) is 23.8.